The topological polar surface area (TPSA) is 95.7 Å². The molecule has 196 valence electrons. The summed E-state index contributed by atoms with van der Waals surface area (Å²) in [6.45, 7) is 8.77. The first-order chi connectivity index (χ1) is 17.8. The number of piperazine rings is 1. The monoisotopic (exact) mass is 526 g/mol. The van der Waals surface area contributed by atoms with Gasteiger partial charge in [0.25, 0.3) is 0 Å². The van der Waals surface area contributed by atoms with E-state index in [1.54, 1.807) is 18.3 Å². The zero-order valence-corrected chi connectivity index (χ0v) is 22.0. The molecule has 2 atom stereocenters. The van der Waals surface area contributed by atoms with Crippen LogP contribution in [0.15, 0.2) is 36.8 Å². The van der Waals surface area contributed by atoms with Crippen LogP contribution in [0.3, 0.4) is 0 Å². The minimum Gasteiger partial charge on any atom is -0.393 e. The van der Waals surface area contributed by atoms with Crippen molar-refractivity contribution >= 4 is 40.3 Å². The summed E-state index contributed by atoms with van der Waals surface area (Å²) in [6, 6.07) is 7.80. The molecule has 0 bridgehead atoms. The number of ether oxygens (including phenoxy) is 1. The fraction of sp³-hybridized carbons (Fsp3) is 0.423. The van der Waals surface area contributed by atoms with Crippen LogP contribution in [0.4, 0.5) is 33.1 Å². The van der Waals surface area contributed by atoms with E-state index in [4.69, 9.17) is 22.1 Å². The van der Waals surface area contributed by atoms with E-state index >= 15 is 4.39 Å². The number of hydrogen-bond donors (Lipinski definition) is 2. The summed E-state index contributed by atoms with van der Waals surface area (Å²) in [4.78, 5) is 19.5. The summed E-state index contributed by atoms with van der Waals surface area (Å²) in [5.74, 6) is 0.899. The lowest BCUT2D eigenvalue weighted by atomic mass is 10.0. The summed E-state index contributed by atoms with van der Waals surface area (Å²) >= 11 is 6.14. The zero-order chi connectivity index (χ0) is 26.1. The molecule has 2 fully saturated rings. The molecule has 0 saturated carbocycles. The maximum Gasteiger partial charge on any atom is 0.158 e. The van der Waals surface area contributed by atoms with Crippen LogP contribution in [0.2, 0.25) is 5.15 Å². The van der Waals surface area contributed by atoms with Crippen molar-refractivity contribution in [2.75, 3.05) is 67.3 Å². The lowest BCUT2D eigenvalue weighted by Gasteiger charge is -2.44. The Kier molecular flexibility index (Phi) is 7.32. The molecule has 0 amide bonds. The summed E-state index contributed by atoms with van der Waals surface area (Å²) in [7, 11) is 2.12. The van der Waals surface area contributed by atoms with Crippen LogP contribution in [0, 0.1) is 5.82 Å². The largest absolute Gasteiger partial charge is 0.393 e. The van der Waals surface area contributed by atoms with Crippen LogP contribution in [0.25, 0.3) is 11.1 Å². The summed E-state index contributed by atoms with van der Waals surface area (Å²) in [5.41, 5.74) is 8.91. The van der Waals surface area contributed by atoms with Gasteiger partial charge in [-0.25, -0.2) is 19.3 Å². The molecule has 2 saturated heterocycles. The number of rotatable bonds is 5. The van der Waals surface area contributed by atoms with Crippen molar-refractivity contribution in [2.45, 2.75) is 25.9 Å². The number of halogens is 2. The number of aromatic nitrogens is 3. The number of anilines is 5. The molecule has 5 rings (SSSR count). The van der Waals surface area contributed by atoms with Crippen molar-refractivity contribution in [1.29, 1.82) is 0 Å². The first-order valence-corrected chi connectivity index (χ1v) is 12.8. The van der Waals surface area contributed by atoms with Gasteiger partial charge in [-0.1, -0.05) is 11.6 Å². The fourth-order valence-electron chi connectivity index (χ4n) is 4.87. The summed E-state index contributed by atoms with van der Waals surface area (Å²) in [6.07, 6.45) is 3.06. The van der Waals surface area contributed by atoms with Crippen molar-refractivity contribution < 1.29 is 9.13 Å². The Bertz CT molecular complexity index is 1240. The fourth-order valence-corrected chi connectivity index (χ4v) is 5.01. The molecule has 11 heteroatoms. The smallest absolute Gasteiger partial charge is 0.158 e. The number of benzene rings is 1. The Morgan fingerprint density at radius 2 is 1.78 bits per heavy atom. The van der Waals surface area contributed by atoms with Crippen molar-refractivity contribution in [3.05, 3.63) is 47.8 Å². The Morgan fingerprint density at radius 1 is 1.05 bits per heavy atom. The van der Waals surface area contributed by atoms with Crippen molar-refractivity contribution in [1.82, 2.24) is 19.9 Å². The van der Waals surface area contributed by atoms with Gasteiger partial charge < -0.3 is 25.6 Å². The average molecular weight is 527 g/mol. The average Bonchev–Trinajstić information content (AvgIpc) is 2.91. The molecule has 2 aromatic heterocycles. The van der Waals surface area contributed by atoms with Gasteiger partial charge in [0, 0.05) is 55.6 Å². The van der Waals surface area contributed by atoms with E-state index in [2.05, 4.69) is 55.9 Å². The number of nitrogen functional groups attached to an aromatic ring is 1. The number of nitrogens with two attached hydrogens (primary N) is 1. The quantitative estimate of drug-likeness (QED) is 0.478. The summed E-state index contributed by atoms with van der Waals surface area (Å²) < 4.78 is 21.1. The maximum absolute atomic E-state index is 15.7. The molecule has 1 aromatic carbocycles. The summed E-state index contributed by atoms with van der Waals surface area (Å²) in [5, 5.41) is 3.45. The zero-order valence-electron chi connectivity index (χ0n) is 21.3. The highest BCUT2D eigenvalue weighted by Gasteiger charge is 2.29. The van der Waals surface area contributed by atoms with Crippen LogP contribution in [0.1, 0.15) is 13.8 Å². The van der Waals surface area contributed by atoms with Gasteiger partial charge in [-0.05, 0) is 45.2 Å². The molecule has 37 heavy (non-hydrogen) atoms. The van der Waals surface area contributed by atoms with Crippen LogP contribution >= 0.6 is 11.6 Å². The van der Waals surface area contributed by atoms with Crippen LogP contribution in [0.5, 0.6) is 0 Å². The predicted molar refractivity (Wildman–Crippen MR) is 146 cm³/mol. The second kappa shape index (κ2) is 10.6. The standard InChI is InChI=1S/C26H32ClFN8O/c1-16-13-36(14-17(2)34(16)3)22-11-20(28)19(10-21(22)33-26-24(29)25(27)31-15-32-26)18-4-5-23(30-12-18)35-6-8-37-9-7-35/h4-5,10-12,15-17H,6-9,13-14,29H2,1-3H3,(H,31,32,33)/t16-,17+. The van der Waals surface area contributed by atoms with E-state index in [1.807, 2.05) is 12.1 Å². The molecule has 0 aliphatic carbocycles. The van der Waals surface area contributed by atoms with Gasteiger partial charge in [-0.15, -0.1) is 0 Å². The lowest BCUT2D eigenvalue weighted by molar-refractivity contribution is 0.122. The lowest BCUT2D eigenvalue weighted by Crippen LogP contribution is -2.55. The normalized spacial score (nSPS) is 20.8. The molecule has 2 aliphatic heterocycles. The van der Waals surface area contributed by atoms with Crippen LogP contribution in [-0.2, 0) is 4.74 Å². The predicted octanol–water partition coefficient (Wildman–Crippen LogP) is 4.02. The van der Waals surface area contributed by atoms with Crippen molar-refractivity contribution in [3.63, 3.8) is 0 Å². The Balaban J connectivity index is 1.53. The molecular formula is C26H32ClFN8O. The van der Waals surface area contributed by atoms with E-state index < -0.39 is 0 Å². The Hall–Kier alpha value is -3.21. The Labute approximate surface area is 221 Å². The van der Waals surface area contributed by atoms with Gasteiger partial charge in [0.15, 0.2) is 11.0 Å². The van der Waals surface area contributed by atoms with Crippen LogP contribution < -0.4 is 20.9 Å². The first-order valence-electron chi connectivity index (χ1n) is 12.4. The second-order valence-corrected chi connectivity index (χ2v) is 10.0. The molecule has 9 nitrogen and oxygen atoms in total. The van der Waals surface area contributed by atoms with Gasteiger partial charge in [0.1, 0.15) is 23.6 Å². The number of hydrogen-bond acceptors (Lipinski definition) is 9. The highest BCUT2D eigenvalue weighted by atomic mass is 35.5. The van der Waals surface area contributed by atoms with Gasteiger partial charge in [-0.2, -0.15) is 0 Å². The molecule has 3 N–H and O–H groups in total. The molecule has 3 aromatic rings. The van der Waals surface area contributed by atoms with Gasteiger partial charge in [0.2, 0.25) is 0 Å². The molecule has 4 heterocycles. The third-order valence-corrected chi connectivity index (χ3v) is 7.57. The molecule has 2 aliphatic rings. The molecule has 0 radical (unpaired) electrons. The van der Waals surface area contributed by atoms with E-state index in [0.29, 0.717) is 47.9 Å². The van der Waals surface area contributed by atoms with Gasteiger partial charge >= 0.3 is 0 Å². The molecule has 0 spiro atoms. The van der Waals surface area contributed by atoms with Crippen LogP contribution in [-0.4, -0.2) is 78.4 Å². The highest BCUT2D eigenvalue weighted by Crippen LogP contribution is 2.38. The van der Waals surface area contributed by atoms with Gasteiger partial charge in [-0.3, -0.25) is 4.90 Å². The first kappa shape index (κ1) is 25.4. The SMILES string of the molecule is C[C@@H]1CN(c2cc(F)c(-c3ccc(N4CCOCC4)nc3)cc2Nc2ncnc(Cl)c2N)C[C@H](C)N1C. The van der Waals surface area contributed by atoms with E-state index in [1.165, 1.54) is 6.33 Å². The number of nitrogens with one attached hydrogen (secondary N) is 1. The third kappa shape index (κ3) is 5.27. The molecule has 0 unspecified atom stereocenters. The van der Waals surface area contributed by atoms with E-state index in [0.717, 1.165) is 37.7 Å². The maximum atomic E-state index is 15.7. The number of nitrogens with zero attached hydrogens (tertiary/aromatic N) is 6. The number of pyridine rings is 1. The number of likely N-dealkylation sites (N-methyl/N-ethyl adjacent to an activating group) is 1. The Morgan fingerprint density at radius 3 is 2.46 bits per heavy atom. The minimum absolute atomic E-state index is 0.158. The van der Waals surface area contributed by atoms with Crippen molar-refractivity contribution in [2.24, 2.45) is 0 Å². The minimum atomic E-state index is -0.325. The van der Waals surface area contributed by atoms with Gasteiger partial charge in [0.05, 0.1) is 24.6 Å². The number of morpholine rings is 1. The highest BCUT2D eigenvalue weighted by molar-refractivity contribution is 6.32. The third-order valence-electron chi connectivity index (χ3n) is 7.27. The van der Waals surface area contributed by atoms with E-state index in [-0.39, 0.29) is 16.7 Å². The second-order valence-electron chi connectivity index (χ2n) is 9.67. The van der Waals surface area contributed by atoms with Crippen molar-refractivity contribution in [3.8, 4) is 11.1 Å². The van der Waals surface area contributed by atoms with E-state index in [9.17, 15) is 0 Å². The molecular weight excluding hydrogens is 495 g/mol.